The lowest BCUT2D eigenvalue weighted by Crippen LogP contribution is -2.38. The Balaban J connectivity index is 2.58. The molecule has 0 heterocycles. The van der Waals surface area contributed by atoms with E-state index in [0.717, 1.165) is 18.0 Å². The second-order valence-electron chi connectivity index (χ2n) is 4.40. The summed E-state index contributed by atoms with van der Waals surface area (Å²) >= 11 is 0. The zero-order valence-corrected chi connectivity index (χ0v) is 10.6. The molecule has 92 valence electrons. The van der Waals surface area contributed by atoms with E-state index in [2.05, 4.69) is 11.0 Å². The fourth-order valence-electron chi connectivity index (χ4n) is 1.42. The maximum atomic E-state index is 8.84. The van der Waals surface area contributed by atoms with E-state index in [4.69, 9.17) is 15.7 Å². The molecule has 0 aliphatic carbocycles. The lowest BCUT2D eigenvalue weighted by atomic mass is 10.0. The van der Waals surface area contributed by atoms with Crippen LogP contribution < -0.4 is 15.4 Å². The molecule has 0 aromatic heterocycles. The van der Waals surface area contributed by atoms with Crippen LogP contribution in [0.2, 0.25) is 0 Å². The third-order valence-corrected chi connectivity index (χ3v) is 2.74. The Kier molecular flexibility index (Phi) is 4.36. The van der Waals surface area contributed by atoms with Crippen LogP contribution in [0.25, 0.3) is 0 Å². The second-order valence-corrected chi connectivity index (χ2v) is 4.40. The van der Waals surface area contributed by atoms with Crippen molar-refractivity contribution in [1.29, 1.82) is 5.26 Å². The third-order valence-electron chi connectivity index (χ3n) is 2.74. The summed E-state index contributed by atoms with van der Waals surface area (Å²) in [7, 11) is 3.63. The molecule has 0 radical (unpaired) electrons. The van der Waals surface area contributed by atoms with Crippen molar-refractivity contribution in [3.05, 3.63) is 24.3 Å². The zero-order chi connectivity index (χ0) is 12.9. The molecule has 0 amide bonds. The van der Waals surface area contributed by atoms with Crippen LogP contribution in [-0.2, 0) is 0 Å². The van der Waals surface area contributed by atoms with E-state index in [-0.39, 0.29) is 0 Å². The molecule has 4 heteroatoms. The molecular weight excluding hydrogens is 214 g/mol. The van der Waals surface area contributed by atoms with Crippen LogP contribution in [-0.4, -0.2) is 26.2 Å². The summed E-state index contributed by atoms with van der Waals surface area (Å²) in [5, 5.41) is 8.84. The van der Waals surface area contributed by atoms with Crippen LogP contribution in [0.1, 0.15) is 13.3 Å². The van der Waals surface area contributed by atoms with Gasteiger partial charge < -0.3 is 15.4 Å². The molecule has 0 saturated heterocycles. The molecule has 0 fully saturated rings. The van der Waals surface area contributed by atoms with Gasteiger partial charge in [-0.1, -0.05) is 0 Å². The van der Waals surface area contributed by atoms with Crippen molar-refractivity contribution in [2.24, 2.45) is 5.73 Å². The molecule has 1 unspecified atom stereocenters. The van der Waals surface area contributed by atoms with Crippen molar-refractivity contribution in [2.75, 3.05) is 25.6 Å². The van der Waals surface area contributed by atoms with Gasteiger partial charge in [0.25, 0.3) is 0 Å². The summed E-state index contributed by atoms with van der Waals surface area (Å²) in [4.78, 5) is 2.07. The molecule has 0 bridgehead atoms. The quantitative estimate of drug-likeness (QED) is 0.841. The predicted octanol–water partition coefficient (Wildman–Crippen LogP) is 1.76. The minimum Gasteiger partial charge on any atom is -0.497 e. The second kappa shape index (κ2) is 5.55. The normalized spacial score (nSPS) is 13.6. The molecule has 0 aliphatic heterocycles. The number of ether oxygens (including phenoxy) is 1. The van der Waals surface area contributed by atoms with Gasteiger partial charge in [-0.3, -0.25) is 0 Å². The van der Waals surface area contributed by atoms with Gasteiger partial charge >= 0.3 is 0 Å². The Morgan fingerprint density at radius 1 is 1.41 bits per heavy atom. The van der Waals surface area contributed by atoms with Gasteiger partial charge in [-0.25, -0.2) is 0 Å². The molecule has 1 aromatic carbocycles. The summed E-state index contributed by atoms with van der Waals surface area (Å²) in [5.74, 6) is 0.836. The number of nitrogens with two attached hydrogens (primary N) is 1. The zero-order valence-electron chi connectivity index (χ0n) is 10.6. The molecule has 1 atom stereocenters. The predicted molar refractivity (Wildman–Crippen MR) is 69.1 cm³/mol. The van der Waals surface area contributed by atoms with Crippen molar-refractivity contribution < 1.29 is 4.74 Å². The summed E-state index contributed by atoms with van der Waals surface area (Å²) in [6, 6.07) is 9.90. The number of anilines is 1. The van der Waals surface area contributed by atoms with E-state index in [0.29, 0.717) is 6.42 Å². The van der Waals surface area contributed by atoms with Crippen molar-refractivity contribution in [3.8, 4) is 11.8 Å². The smallest absolute Gasteiger partial charge is 0.119 e. The molecule has 1 rings (SSSR count). The van der Waals surface area contributed by atoms with E-state index >= 15 is 0 Å². The number of benzene rings is 1. The highest BCUT2D eigenvalue weighted by molar-refractivity contribution is 5.48. The summed E-state index contributed by atoms with van der Waals surface area (Å²) in [6.07, 6.45) is 0.631. The van der Waals surface area contributed by atoms with Gasteiger partial charge in [0, 0.05) is 19.3 Å². The SMILES string of the molecule is COc1ccc(N(C)CCC(C)(N)C#N)cc1. The van der Waals surface area contributed by atoms with Crippen molar-refractivity contribution in [1.82, 2.24) is 0 Å². The van der Waals surface area contributed by atoms with E-state index in [1.54, 1.807) is 14.0 Å². The van der Waals surface area contributed by atoms with Crippen LogP contribution in [0.5, 0.6) is 5.75 Å². The first-order chi connectivity index (χ1) is 7.98. The number of nitrogens with zero attached hydrogens (tertiary/aromatic N) is 2. The first-order valence-corrected chi connectivity index (χ1v) is 5.54. The van der Waals surface area contributed by atoms with Crippen molar-refractivity contribution in [3.63, 3.8) is 0 Å². The molecule has 2 N–H and O–H groups in total. The fraction of sp³-hybridized carbons (Fsp3) is 0.462. The van der Waals surface area contributed by atoms with Gasteiger partial charge in [-0.15, -0.1) is 0 Å². The Hall–Kier alpha value is -1.73. The van der Waals surface area contributed by atoms with Gasteiger partial charge in [-0.2, -0.15) is 5.26 Å². The Morgan fingerprint density at radius 3 is 2.47 bits per heavy atom. The largest absolute Gasteiger partial charge is 0.497 e. The first kappa shape index (κ1) is 13.3. The van der Waals surface area contributed by atoms with Crippen molar-refractivity contribution >= 4 is 5.69 Å². The third kappa shape index (κ3) is 3.97. The number of methoxy groups -OCH3 is 1. The van der Waals surface area contributed by atoms with Crippen LogP contribution >= 0.6 is 0 Å². The van der Waals surface area contributed by atoms with Gasteiger partial charge in [0.1, 0.15) is 11.3 Å². The molecule has 1 aromatic rings. The minimum atomic E-state index is -0.763. The number of hydrogen-bond acceptors (Lipinski definition) is 4. The maximum Gasteiger partial charge on any atom is 0.119 e. The Morgan fingerprint density at radius 2 is 2.00 bits per heavy atom. The summed E-state index contributed by atoms with van der Waals surface area (Å²) < 4.78 is 5.10. The van der Waals surface area contributed by atoms with E-state index in [1.165, 1.54) is 0 Å². The van der Waals surface area contributed by atoms with Gasteiger partial charge in [-0.05, 0) is 37.6 Å². The Bertz CT molecular complexity index is 392. The molecule has 17 heavy (non-hydrogen) atoms. The lowest BCUT2D eigenvalue weighted by molar-refractivity contribution is 0.415. The molecule has 0 spiro atoms. The van der Waals surface area contributed by atoms with E-state index < -0.39 is 5.54 Å². The topological polar surface area (TPSA) is 62.3 Å². The fourth-order valence-corrected chi connectivity index (χ4v) is 1.42. The highest BCUT2D eigenvalue weighted by Gasteiger charge is 2.17. The molecule has 4 nitrogen and oxygen atoms in total. The van der Waals surface area contributed by atoms with Crippen LogP contribution in [0.3, 0.4) is 0 Å². The van der Waals surface area contributed by atoms with Crippen LogP contribution in [0, 0.1) is 11.3 Å². The number of nitriles is 1. The molecular formula is C13H19N3O. The van der Waals surface area contributed by atoms with Crippen LogP contribution in [0.4, 0.5) is 5.69 Å². The molecule has 0 aliphatic rings. The van der Waals surface area contributed by atoms with E-state index in [1.807, 2.05) is 31.3 Å². The first-order valence-electron chi connectivity index (χ1n) is 5.54. The highest BCUT2D eigenvalue weighted by atomic mass is 16.5. The molecule has 0 saturated carbocycles. The number of rotatable bonds is 5. The average molecular weight is 233 g/mol. The van der Waals surface area contributed by atoms with E-state index in [9.17, 15) is 0 Å². The standard InChI is InChI=1S/C13H19N3O/c1-13(15,10-14)8-9-16(2)11-4-6-12(17-3)7-5-11/h4-7H,8-9,15H2,1-3H3. The average Bonchev–Trinajstić information content (AvgIpc) is 2.36. The lowest BCUT2D eigenvalue weighted by Gasteiger charge is -2.23. The summed E-state index contributed by atoms with van der Waals surface area (Å²) in [5.41, 5.74) is 6.10. The monoisotopic (exact) mass is 233 g/mol. The summed E-state index contributed by atoms with van der Waals surface area (Å²) in [6.45, 7) is 2.49. The minimum absolute atomic E-state index is 0.631. The Labute approximate surface area is 103 Å². The maximum absolute atomic E-state index is 8.84. The van der Waals surface area contributed by atoms with Crippen molar-refractivity contribution in [2.45, 2.75) is 18.9 Å². The van der Waals surface area contributed by atoms with Crippen LogP contribution in [0.15, 0.2) is 24.3 Å². The van der Waals surface area contributed by atoms with Gasteiger partial charge in [0.05, 0.1) is 13.2 Å². The highest BCUT2D eigenvalue weighted by Crippen LogP contribution is 2.19. The van der Waals surface area contributed by atoms with Gasteiger partial charge in [0.15, 0.2) is 0 Å². The van der Waals surface area contributed by atoms with Gasteiger partial charge in [0.2, 0.25) is 0 Å². The number of hydrogen-bond donors (Lipinski definition) is 1.